The van der Waals surface area contributed by atoms with Crippen LogP contribution in [0.25, 0.3) is 0 Å². The number of carbonyl (C=O) groups excluding carboxylic acids is 2. The standard InChI is InChI=1S/C11H16O3/c1-3-4-5-6-10(9(2)12)7-8-11(13)14/h10H,3,6-8H2,1-2H3,(H,13,14)/p-1. The molecule has 0 aromatic rings. The Morgan fingerprint density at radius 1 is 1.36 bits per heavy atom. The maximum atomic E-state index is 11.1. The first-order valence-corrected chi connectivity index (χ1v) is 4.74. The third kappa shape index (κ3) is 6.24. The van der Waals surface area contributed by atoms with Crippen LogP contribution in [0.4, 0.5) is 0 Å². The first-order valence-electron chi connectivity index (χ1n) is 4.74. The Balaban J connectivity index is 4.02. The van der Waals surface area contributed by atoms with E-state index >= 15 is 0 Å². The first kappa shape index (κ1) is 12.7. The monoisotopic (exact) mass is 195 g/mol. The van der Waals surface area contributed by atoms with Gasteiger partial charge < -0.3 is 9.90 Å². The summed E-state index contributed by atoms with van der Waals surface area (Å²) in [5, 5.41) is 10.2. The van der Waals surface area contributed by atoms with Crippen LogP contribution in [0.15, 0.2) is 0 Å². The molecule has 0 amide bonds. The molecule has 0 N–H and O–H groups in total. The van der Waals surface area contributed by atoms with Gasteiger partial charge in [-0.25, -0.2) is 0 Å². The van der Waals surface area contributed by atoms with Gasteiger partial charge in [0.25, 0.3) is 0 Å². The van der Waals surface area contributed by atoms with Crippen molar-refractivity contribution >= 4 is 11.8 Å². The second kappa shape index (κ2) is 7.14. The van der Waals surface area contributed by atoms with Crippen LogP contribution >= 0.6 is 0 Å². The van der Waals surface area contributed by atoms with Gasteiger partial charge in [-0.15, -0.1) is 11.8 Å². The predicted octanol–water partition coefficient (Wildman–Crippen LogP) is 0.525. The highest BCUT2D eigenvalue weighted by atomic mass is 16.4. The lowest BCUT2D eigenvalue weighted by Crippen LogP contribution is -2.23. The van der Waals surface area contributed by atoms with Crippen LogP contribution in [0.1, 0.15) is 39.5 Å². The molecule has 0 saturated heterocycles. The van der Waals surface area contributed by atoms with Gasteiger partial charge in [-0.05, 0) is 19.8 Å². The van der Waals surface area contributed by atoms with Gasteiger partial charge in [0.1, 0.15) is 5.78 Å². The number of rotatable bonds is 5. The molecule has 0 rings (SSSR count). The van der Waals surface area contributed by atoms with Gasteiger partial charge in [0.05, 0.1) is 0 Å². The maximum Gasteiger partial charge on any atom is 0.133 e. The minimum absolute atomic E-state index is 0.00310. The van der Waals surface area contributed by atoms with Crippen molar-refractivity contribution in [3.8, 4) is 11.8 Å². The van der Waals surface area contributed by atoms with Crippen molar-refractivity contribution in [3.05, 3.63) is 0 Å². The zero-order chi connectivity index (χ0) is 11.0. The number of carboxylic acid groups (broad SMARTS) is 1. The van der Waals surface area contributed by atoms with Gasteiger partial charge in [0.15, 0.2) is 0 Å². The van der Waals surface area contributed by atoms with Gasteiger partial charge in [-0.3, -0.25) is 4.79 Å². The van der Waals surface area contributed by atoms with Crippen molar-refractivity contribution in [2.45, 2.75) is 39.5 Å². The summed E-state index contributed by atoms with van der Waals surface area (Å²) in [5.74, 6) is 4.34. The summed E-state index contributed by atoms with van der Waals surface area (Å²) in [5.41, 5.74) is 0. The van der Waals surface area contributed by atoms with Crippen LogP contribution in [0.2, 0.25) is 0 Å². The van der Waals surface area contributed by atoms with Gasteiger partial charge >= 0.3 is 0 Å². The normalized spacial score (nSPS) is 11.3. The van der Waals surface area contributed by atoms with Crippen LogP contribution in [-0.2, 0) is 9.59 Å². The van der Waals surface area contributed by atoms with Crippen LogP contribution in [0.5, 0.6) is 0 Å². The molecule has 78 valence electrons. The van der Waals surface area contributed by atoms with E-state index in [0.29, 0.717) is 12.8 Å². The van der Waals surface area contributed by atoms with E-state index in [1.165, 1.54) is 6.92 Å². The fourth-order valence-corrected chi connectivity index (χ4v) is 1.06. The number of carbonyl (C=O) groups is 2. The second-order valence-electron chi connectivity index (χ2n) is 3.13. The van der Waals surface area contributed by atoms with Gasteiger partial charge in [-0.2, -0.15) is 0 Å². The van der Waals surface area contributed by atoms with Crippen LogP contribution in [0.3, 0.4) is 0 Å². The second-order valence-corrected chi connectivity index (χ2v) is 3.13. The first-order chi connectivity index (χ1) is 6.57. The summed E-state index contributed by atoms with van der Waals surface area (Å²) in [6.07, 6.45) is 1.47. The molecule has 0 spiro atoms. The van der Waals surface area contributed by atoms with Crippen molar-refractivity contribution in [2.24, 2.45) is 5.92 Å². The number of hydrogen-bond acceptors (Lipinski definition) is 3. The fraction of sp³-hybridized carbons (Fsp3) is 0.636. The number of aliphatic carboxylic acids is 1. The van der Waals surface area contributed by atoms with Crippen molar-refractivity contribution < 1.29 is 14.7 Å². The molecule has 0 radical (unpaired) electrons. The molecule has 1 unspecified atom stereocenters. The maximum absolute atomic E-state index is 11.1. The molecule has 0 fully saturated rings. The van der Waals surface area contributed by atoms with Gasteiger partial charge in [0.2, 0.25) is 0 Å². The van der Waals surface area contributed by atoms with Crippen LogP contribution < -0.4 is 5.11 Å². The summed E-state index contributed by atoms with van der Waals surface area (Å²) >= 11 is 0. The molecule has 0 saturated carbocycles. The molecule has 0 aliphatic heterocycles. The number of carboxylic acids is 1. The molecule has 14 heavy (non-hydrogen) atoms. The van der Waals surface area contributed by atoms with Crippen molar-refractivity contribution in [2.75, 3.05) is 0 Å². The van der Waals surface area contributed by atoms with Crippen molar-refractivity contribution in [3.63, 3.8) is 0 Å². The summed E-state index contributed by atoms with van der Waals surface area (Å²) in [6.45, 7) is 3.39. The molecular weight excluding hydrogens is 180 g/mol. The Morgan fingerprint density at radius 3 is 2.43 bits per heavy atom. The largest absolute Gasteiger partial charge is 0.550 e. The Morgan fingerprint density at radius 2 is 2.00 bits per heavy atom. The van der Waals surface area contributed by atoms with Crippen LogP contribution in [-0.4, -0.2) is 11.8 Å². The lowest BCUT2D eigenvalue weighted by Gasteiger charge is -2.10. The summed E-state index contributed by atoms with van der Waals surface area (Å²) < 4.78 is 0. The molecule has 0 aliphatic carbocycles. The summed E-state index contributed by atoms with van der Waals surface area (Å²) in [6, 6.07) is 0. The quantitative estimate of drug-likeness (QED) is 0.601. The van der Waals surface area contributed by atoms with E-state index in [0.717, 1.165) is 6.42 Å². The highest BCUT2D eigenvalue weighted by molar-refractivity contribution is 5.79. The molecular formula is C11H15O3-. The smallest absolute Gasteiger partial charge is 0.133 e. The Kier molecular flexibility index (Phi) is 6.47. The molecule has 3 nitrogen and oxygen atoms in total. The van der Waals surface area contributed by atoms with Crippen molar-refractivity contribution in [1.29, 1.82) is 0 Å². The summed E-state index contributed by atoms with van der Waals surface area (Å²) in [4.78, 5) is 21.3. The van der Waals surface area contributed by atoms with E-state index in [-0.39, 0.29) is 18.1 Å². The van der Waals surface area contributed by atoms with Gasteiger partial charge in [0, 0.05) is 24.7 Å². The highest BCUT2D eigenvalue weighted by Crippen LogP contribution is 2.11. The van der Waals surface area contributed by atoms with E-state index in [1.807, 2.05) is 6.92 Å². The zero-order valence-corrected chi connectivity index (χ0v) is 8.63. The SMILES string of the molecule is CCC#CCC(CCC(=O)[O-])C(C)=O. The van der Waals surface area contributed by atoms with E-state index in [9.17, 15) is 14.7 Å². The average Bonchev–Trinajstić information content (AvgIpc) is 2.10. The third-order valence-electron chi connectivity index (χ3n) is 1.92. The van der Waals surface area contributed by atoms with E-state index in [1.54, 1.807) is 0 Å². The zero-order valence-electron chi connectivity index (χ0n) is 8.63. The van der Waals surface area contributed by atoms with E-state index in [4.69, 9.17) is 0 Å². The molecule has 3 heteroatoms. The molecule has 1 atom stereocenters. The number of hydrogen-bond donors (Lipinski definition) is 0. The van der Waals surface area contributed by atoms with E-state index < -0.39 is 5.97 Å². The van der Waals surface area contributed by atoms with Crippen molar-refractivity contribution in [1.82, 2.24) is 0 Å². The minimum Gasteiger partial charge on any atom is -0.550 e. The molecule has 0 aliphatic rings. The Labute approximate surface area is 84.5 Å². The number of ketones is 1. The minimum atomic E-state index is -1.11. The Bertz CT molecular complexity index is 257. The lowest BCUT2D eigenvalue weighted by atomic mass is 9.96. The van der Waals surface area contributed by atoms with Gasteiger partial charge in [-0.1, -0.05) is 6.92 Å². The van der Waals surface area contributed by atoms with Crippen LogP contribution in [0, 0.1) is 17.8 Å². The molecule has 0 bridgehead atoms. The van der Waals surface area contributed by atoms with E-state index in [2.05, 4.69) is 11.8 Å². The predicted molar refractivity (Wildman–Crippen MR) is 51.1 cm³/mol. The summed E-state index contributed by atoms with van der Waals surface area (Å²) in [7, 11) is 0. The highest BCUT2D eigenvalue weighted by Gasteiger charge is 2.12. The molecule has 0 aromatic carbocycles. The fourth-order valence-electron chi connectivity index (χ4n) is 1.06. The average molecular weight is 195 g/mol. The Hall–Kier alpha value is -1.30. The number of Topliss-reactive ketones (excluding diaryl/α,β-unsaturated/α-hetero) is 1. The third-order valence-corrected chi connectivity index (χ3v) is 1.92. The molecule has 0 heterocycles. The topological polar surface area (TPSA) is 57.2 Å². The molecule has 0 aromatic heterocycles. The lowest BCUT2D eigenvalue weighted by molar-refractivity contribution is -0.305.